The third-order valence-corrected chi connectivity index (χ3v) is 2.12. The molecule has 0 aromatic carbocycles. The summed E-state index contributed by atoms with van der Waals surface area (Å²) in [6, 6.07) is 0. The molecular formula is C13H15N. The molecule has 0 aliphatic carbocycles. The van der Waals surface area contributed by atoms with Gasteiger partial charge in [-0.2, -0.15) is 0 Å². The fourth-order valence-corrected chi connectivity index (χ4v) is 1.51. The first-order valence-corrected chi connectivity index (χ1v) is 4.54. The van der Waals surface area contributed by atoms with Crippen LogP contribution in [0.4, 0.5) is 0 Å². The second-order valence-corrected chi connectivity index (χ2v) is 2.88. The lowest BCUT2D eigenvalue weighted by molar-refractivity contribution is 1.29. The predicted octanol–water partition coefficient (Wildman–Crippen LogP) is 2.07. The number of nitrogens with one attached hydrogen (secondary N) is 1. The summed E-state index contributed by atoms with van der Waals surface area (Å²) in [6.45, 7) is 13.2. The monoisotopic (exact) mass is 185 g/mol. The van der Waals surface area contributed by atoms with Crippen molar-refractivity contribution in [3.63, 3.8) is 0 Å². The van der Waals surface area contributed by atoms with Crippen LogP contribution in [0.15, 0.2) is 25.8 Å². The zero-order valence-corrected chi connectivity index (χ0v) is 8.51. The second kappa shape index (κ2) is 4.47. The molecule has 1 aromatic rings. The Labute approximate surface area is 84.5 Å². The van der Waals surface area contributed by atoms with Crippen molar-refractivity contribution in [3.8, 4) is 0 Å². The Kier molecular flexibility index (Phi) is 3.29. The van der Waals surface area contributed by atoms with Crippen molar-refractivity contribution in [3.05, 3.63) is 47.6 Å². The van der Waals surface area contributed by atoms with Crippen molar-refractivity contribution in [2.24, 2.45) is 0 Å². The SMILES string of the molecule is C=C/C=c1/[nH]c(C=C)c(C=C)/c1=C/C. The van der Waals surface area contributed by atoms with Crippen molar-refractivity contribution in [2.75, 3.05) is 0 Å². The van der Waals surface area contributed by atoms with Gasteiger partial charge in [0.25, 0.3) is 0 Å². The number of aromatic nitrogens is 1. The molecule has 0 bridgehead atoms. The lowest BCUT2D eigenvalue weighted by Crippen LogP contribution is -2.23. The molecule has 0 aliphatic heterocycles. The van der Waals surface area contributed by atoms with Crippen LogP contribution in [0.3, 0.4) is 0 Å². The van der Waals surface area contributed by atoms with Gasteiger partial charge in [0.15, 0.2) is 0 Å². The molecule has 0 saturated heterocycles. The molecule has 72 valence electrons. The van der Waals surface area contributed by atoms with E-state index in [1.165, 1.54) is 0 Å². The Morgan fingerprint density at radius 3 is 2.29 bits per heavy atom. The van der Waals surface area contributed by atoms with Crippen molar-refractivity contribution in [1.29, 1.82) is 0 Å². The van der Waals surface area contributed by atoms with Gasteiger partial charge in [0.2, 0.25) is 0 Å². The van der Waals surface area contributed by atoms with E-state index in [0.29, 0.717) is 0 Å². The van der Waals surface area contributed by atoms with Gasteiger partial charge in [0, 0.05) is 21.8 Å². The van der Waals surface area contributed by atoms with Crippen LogP contribution in [0.5, 0.6) is 0 Å². The van der Waals surface area contributed by atoms with Gasteiger partial charge in [-0.3, -0.25) is 0 Å². The smallest absolute Gasteiger partial charge is 0.0461 e. The van der Waals surface area contributed by atoms with E-state index in [1.807, 2.05) is 19.1 Å². The summed E-state index contributed by atoms with van der Waals surface area (Å²) in [7, 11) is 0. The van der Waals surface area contributed by atoms with Crippen LogP contribution in [0, 0.1) is 0 Å². The van der Waals surface area contributed by atoms with Gasteiger partial charge in [-0.05, 0) is 19.1 Å². The molecule has 14 heavy (non-hydrogen) atoms. The van der Waals surface area contributed by atoms with Gasteiger partial charge in [-0.25, -0.2) is 0 Å². The summed E-state index contributed by atoms with van der Waals surface area (Å²) < 4.78 is 0. The van der Waals surface area contributed by atoms with E-state index in [2.05, 4.69) is 30.8 Å². The summed E-state index contributed by atoms with van der Waals surface area (Å²) in [5, 5.41) is 2.20. The van der Waals surface area contributed by atoms with Crippen LogP contribution in [-0.2, 0) is 0 Å². The average molecular weight is 185 g/mol. The number of hydrogen-bond acceptors (Lipinski definition) is 0. The van der Waals surface area contributed by atoms with Gasteiger partial charge in [-0.1, -0.05) is 38.0 Å². The lowest BCUT2D eigenvalue weighted by atomic mass is 10.2. The van der Waals surface area contributed by atoms with E-state index < -0.39 is 0 Å². The molecule has 1 aromatic heterocycles. The highest BCUT2D eigenvalue weighted by Gasteiger charge is 2.00. The summed E-state index contributed by atoms with van der Waals surface area (Å²) in [6.07, 6.45) is 9.39. The van der Waals surface area contributed by atoms with Crippen molar-refractivity contribution >= 4 is 24.3 Å². The van der Waals surface area contributed by atoms with Crippen molar-refractivity contribution < 1.29 is 0 Å². The van der Waals surface area contributed by atoms with E-state index in [0.717, 1.165) is 21.8 Å². The van der Waals surface area contributed by atoms with Crippen LogP contribution < -0.4 is 10.6 Å². The van der Waals surface area contributed by atoms with Crippen LogP contribution >= 0.6 is 0 Å². The molecule has 1 nitrogen and oxygen atoms in total. The maximum atomic E-state index is 3.79. The maximum Gasteiger partial charge on any atom is 0.0461 e. The maximum absolute atomic E-state index is 3.79. The quantitative estimate of drug-likeness (QED) is 0.742. The van der Waals surface area contributed by atoms with Crippen LogP contribution in [0.25, 0.3) is 24.3 Å². The van der Waals surface area contributed by atoms with Crippen LogP contribution in [0.2, 0.25) is 0 Å². The predicted molar refractivity (Wildman–Crippen MR) is 65.0 cm³/mol. The van der Waals surface area contributed by atoms with Gasteiger partial charge in [0.05, 0.1) is 0 Å². The second-order valence-electron chi connectivity index (χ2n) is 2.88. The van der Waals surface area contributed by atoms with Crippen LogP contribution in [0.1, 0.15) is 18.2 Å². The lowest BCUT2D eigenvalue weighted by Gasteiger charge is -1.88. The molecule has 0 fully saturated rings. The first kappa shape index (κ1) is 10.3. The fraction of sp³-hybridized carbons (Fsp3) is 0.0769. The molecule has 0 spiro atoms. The van der Waals surface area contributed by atoms with Gasteiger partial charge < -0.3 is 4.98 Å². The third-order valence-electron chi connectivity index (χ3n) is 2.12. The zero-order valence-electron chi connectivity index (χ0n) is 8.51. The standard InChI is InChI=1S/C13H15N/c1-5-9-13-11(7-3)10(6-2)12(8-4)14-13/h5-9,14H,1-2,4H2,3H3/b11-7-,13-9+. The molecule has 0 aliphatic rings. The molecule has 0 atom stereocenters. The highest BCUT2D eigenvalue weighted by molar-refractivity contribution is 5.63. The fourth-order valence-electron chi connectivity index (χ4n) is 1.51. The van der Waals surface area contributed by atoms with E-state index >= 15 is 0 Å². The van der Waals surface area contributed by atoms with E-state index in [1.54, 1.807) is 12.2 Å². The molecule has 0 radical (unpaired) electrons. The molecule has 0 amide bonds. The van der Waals surface area contributed by atoms with Crippen molar-refractivity contribution in [1.82, 2.24) is 4.98 Å². The highest BCUT2D eigenvalue weighted by atomic mass is 14.7. The Morgan fingerprint density at radius 1 is 1.14 bits per heavy atom. The molecule has 0 unspecified atom stereocenters. The molecule has 0 saturated carbocycles. The average Bonchev–Trinajstić information content (AvgIpc) is 2.55. The normalized spacial score (nSPS) is 12.9. The minimum atomic E-state index is 1.00. The van der Waals surface area contributed by atoms with Gasteiger partial charge in [0.1, 0.15) is 0 Å². The van der Waals surface area contributed by atoms with E-state index in [4.69, 9.17) is 0 Å². The largest absolute Gasteiger partial charge is 0.355 e. The van der Waals surface area contributed by atoms with E-state index in [-0.39, 0.29) is 0 Å². The van der Waals surface area contributed by atoms with Gasteiger partial charge in [-0.15, -0.1) is 0 Å². The Morgan fingerprint density at radius 2 is 1.86 bits per heavy atom. The Balaban J connectivity index is 3.73. The number of hydrogen-bond donors (Lipinski definition) is 1. The topological polar surface area (TPSA) is 15.8 Å². The third kappa shape index (κ3) is 1.62. The first-order chi connectivity index (χ1) is 6.78. The number of rotatable bonds is 3. The summed E-state index contributed by atoms with van der Waals surface area (Å²) >= 11 is 0. The molecule has 1 heteroatoms. The Hall–Kier alpha value is -1.76. The minimum Gasteiger partial charge on any atom is -0.355 e. The van der Waals surface area contributed by atoms with E-state index in [9.17, 15) is 0 Å². The summed E-state index contributed by atoms with van der Waals surface area (Å²) in [5.41, 5.74) is 2.09. The molecular weight excluding hydrogens is 170 g/mol. The zero-order chi connectivity index (χ0) is 10.6. The number of H-pyrrole nitrogens is 1. The minimum absolute atomic E-state index is 1.00. The van der Waals surface area contributed by atoms with Crippen molar-refractivity contribution in [2.45, 2.75) is 6.92 Å². The molecule has 1 N–H and O–H groups in total. The Bertz CT molecular complexity index is 472. The highest BCUT2D eigenvalue weighted by Crippen LogP contribution is 2.01. The number of allylic oxidation sites excluding steroid dienone is 1. The molecule has 1 heterocycles. The van der Waals surface area contributed by atoms with Crippen LogP contribution in [-0.4, -0.2) is 4.98 Å². The first-order valence-electron chi connectivity index (χ1n) is 4.54. The van der Waals surface area contributed by atoms with Gasteiger partial charge >= 0.3 is 0 Å². The number of aromatic amines is 1. The summed E-state index contributed by atoms with van der Waals surface area (Å²) in [4.78, 5) is 3.26. The molecule has 1 rings (SSSR count). The summed E-state index contributed by atoms with van der Waals surface area (Å²) in [5.74, 6) is 0.